The van der Waals surface area contributed by atoms with Gasteiger partial charge < -0.3 is 15.4 Å². The number of hydrogen-bond donors (Lipinski definition) is 2. The van der Waals surface area contributed by atoms with Crippen LogP contribution < -0.4 is 11.2 Å². The number of methoxy groups -OCH3 is 1. The Balaban J connectivity index is 1.51. The molecule has 3 aromatic rings. The molecule has 1 aliphatic heterocycles. The average molecular weight is 597 g/mol. The maximum Gasteiger partial charge on any atom is 0.337 e. The van der Waals surface area contributed by atoms with Gasteiger partial charge in [0.15, 0.2) is 0 Å². The number of hydroxylamine groups is 1. The summed E-state index contributed by atoms with van der Waals surface area (Å²) in [5.41, 5.74) is 11.8. The van der Waals surface area contributed by atoms with Gasteiger partial charge in [0.2, 0.25) is 0 Å². The topological polar surface area (TPSA) is 111 Å². The van der Waals surface area contributed by atoms with E-state index in [1.165, 1.54) is 7.11 Å². The number of carbonyl (C=O) groups is 3. The summed E-state index contributed by atoms with van der Waals surface area (Å²) in [6.07, 6.45) is 3.41. The van der Waals surface area contributed by atoms with Crippen LogP contribution in [0.25, 0.3) is 0 Å². The second-order valence-corrected chi connectivity index (χ2v) is 11.2. The molecule has 1 fully saturated rings. The van der Waals surface area contributed by atoms with Gasteiger partial charge in [-0.3, -0.25) is 14.4 Å². The van der Waals surface area contributed by atoms with E-state index in [-0.39, 0.29) is 24.6 Å². The van der Waals surface area contributed by atoms with Crippen LogP contribution in [0.2, 0.25) is 10.0 Å². The van der Waals surface area contributed by atoms with Crippen LogP contribution in [0, 0.1) is 0 Å². The highest BCUT2D eigenvalue weighted by Gasteiger charge is 2.48. The van der Waals surface area contributed by atoms with Gasteiger partial charge in [0.05, 0.1) is 31.2 Å². The molecule has 0 radical (unpaired) electrons. The van der Waals surface area contributed by atoms with Crippen molar-refractivity contribution in [3.8, 4) is 0 Å². The minimum atomic E-state index is -0.849. The quantitative estimate of drug-likeness (QED) is 0.272. The lowest BCUT2D eigenvalue weighted by atomic mass is 9.76. The Kier molecular flexibility index (Phi) is 8.94. The molecule has 0 spiro atoms. The van der Waals surface area contributed by atoms with Crippen molar-refractivity contribution in [1.82, 2.24) is 10.4 Å². The number of nitrogens with zero attached hydrogens (tertiary/aromatic N) is 1. The molecule has 5 rings (SSSR count). The first-order valence-electron chi connectivity index (χ1n) is 13.5. The van der Waals surface area contributed by atoms with Crippen LogP contribution in [0.3, 0.4) is 0 Å². The maximum atomic E-state index is 14.1. The number of fused-ring (bicyclic) bond motifs is 1. The van der Waals surface area contributed by atoms with E-state index in [0.29, 0.717) is 37.9 Å². The zero-order valence-electron chi connectivity index (χ0n) is 22.5. The predicted octanol–water partition coefficient (Wildman–Crippen LogP) is 5.58. The van der Waals surface area contributed by atoms with Gasteiger partial charge >= 0.3 is 5.97 Å². The van der Waals surface area contributed by atoms with E-state index in [1.54, 1.807) is 71.6 Å². The Morgan fingerprint density at radius 3 is 2.54 bits per heavy atom. The molecule has 3 aromatic carbocycles. The van der Waals surface area contributed by atoms with Gasteiger partial charge in [-0.05, 0) is 59.9 Å². The minimum Gasteiger partial charge on any atom is -0.465 e. The Bertz CT molecular complexity index is 1470. The van der Waals surface area contributed by atoms with Crippen LogP contribution in [-0.4, -0.2) is 41.9 Å². The fourth-order valence-corrected chi connectivity index (χ4v) is 6.44. The molecule has 2 amide bonds. The molecule has 4 atom stereocenters. The van der Waals surface area contributed by atoms with Crippen molar-refractivity contribution in [1.29, 1.82) is 0 Å². The highest BCUT2D eigenvalue weighted by Crippen LogP contribution is 2.47. The Hall–Kier alpha value is -3.43. The minimum absolute atomic E-state index is 0.00739. The number of ether oxygens (including phenoxy) is 1. The van der Waals surface area contributed by atoms with Gasteiger partial charge in [-0.25, -0.2) is 10.3 Å². The van der Waals surface area contributed by atoms with Crippen LogP contribution >= 0.6 is 23.2 Å². The molecule has 8 nitrogen and oxygen atoms in total. The number of nitrogens with one attached hydrogen (secondary N) is 1. The van der Waals surface area contributed by atoms with E-state index >= 15 is 0 Å². The SMILES string of the molecule is COC(=O)c1cccc(CONC(=O)[C@@H]2c3ccccc3C(=O)N([C@H]3CCCC[C@@H]3N)[C@H]2c2ccc(Cl)cc2Cl)c1. The summed E-state index contributed by atoms with van der Waals surface area (Å²) in [5, 5.41) is 0.795. The third-order valence-electron chi connectivity index (χ3n) is 7.84. The molecule has 0 unspecified atom stereocenters. The molecule has 1 aliphatic carbocycles. The van der Waals surface area contributed by atoms with Crippen LogP contribution in [0.4, 0.5) is 0 Å². The van der Waals surface area contributed by atoms with E-state index in [2.05, 4.69) is 5.48 Å². The van der Waals surface area contributed by atoms with E-state index in [1.807, 2.05) is 0 Å². The van der Waals surface area contributed by atoms with Gasteiger partial charge in [0.25, 0.3) is 11.8 Å². The summed E-state index contributed by atoms with van der Waals surface area (Å²) in [6.45, 7) is 0.00739. The molecule has 0 saturated heterocycles. The molecule has 10 heteroatoms. The number of rotatable bonds is 7. The molecule has 2 aliphatic rings. The fraction of sp³-hybridized carbons (Fsp3) is 0.323. The van der Waals surface area contributed by atoms with Gasteiger partial charge in [0.1, 0.15) is 0 Å². The summed E-state index contributed by atoms with van der Waals surface area (Å²) in [7, 11) is 1.31. The van der Waals surface area contributed by atoms with Crippen molar-refractivity contribution in [3.63, 3.8) is 0 Å². The molecular weight excluding hydrogens is 565 g/mol. The lowest BCUT2D eigenvalue weighted by Crippen LogP contribution is -2.57. The van der Waals surface area contributed by atoms with E-state index in [9.17, 15) is 14.4 Å². The number of hydrogen-bond acceptors (Lipinski definition) is 6. The van der Waals surface area contributed by atoms with Gasteiger partial charge in [-0.2, -0.15) is 0 Å². The zero-order chi connectivity index (χ0) is 29.1. The highest BCUT2D eigenvalue weighted by atomic mass is 35.5. The van der Waals surface area contributed by atoms with Gasteiger partial charge in [-0.1, -0.05) is 72.4 Å². The van der Waals surface area contributed by atoms with Crippen molar-refractivity contribution >= 4 is 41.0 Å². The van der Waals surface area contributed by atoms with E-state index in [4.69, 9.17) is 38.5 Å². The van der Waals surface area contributed by atoms with Crippen molar-refractivity contribution in [2.24, 2.45) is 5.73 Å². The normalized spacial score (nSPS) is 22.1. The van der Waals surface area contributed by atoms with Crippen molar-refractivity contribution in [3.05, 3.63) is 105 Å². The largest absolute Gasteiger partial charge is 0.465 e. The van der Waals surface area contributed by atoms with Crippen LogP contribution in [-0.2, 0) is 21.0 Å². The number of benzene rings is 3. The smallest absolute Gasteiger partial charge is 0.337 e. The number of carbonyl (C=O) groups excluding carboxylic acids is 3. The monoisotopic (exact) mass is 595 g/mol. The molecule has 3 N–H and O–H groups in total. The number of halogens is 2. The molecule has 1 saturated carbocycles. The summed E-state index contributed by atoms with van der Waals surface area (Å²) in [5.74, 6) is -1.95. The third-order valence-corrected chi connectivity index (χ3v) is 8.40. The van der Waals surface area contributed by atoms with Crippen molar-refractivity contribution < 1.29 is 24.0 Å². The molecular formula is C31H31Cl2N3O5. The van der Waals surface area contributed by atoms with E-state index in [0.717, 1.165) is 25.7 Å². The molecule has 0 bridgehead atoms. The Morgan fingerprint density at radius 1 is 1.00 bits per heavy atom. The van der Waals surface area contributed by atoms with Crippen molar-refractivity contribution in [2.45, 2.75) is 56.3 Å². The Labute approximate surface area is 248 Å². The fourth-order valence-electron chi connectivity index (χ4n) is 5.92. The van der Waals surface area contributed by atoms with Gasteiger partial charge in [-0.15, -0.1) is 0 Å². The lowest BCUT2D eigenvalue weighted by molar-refractivity contribution is -0.138. The summed E-state index contributed by atoms with van der Waals surface area (Å²) < 4.78 is 4.78. The first-order valence-corrected chi connectivity index (χ1v) is 14.3. The molecule has 214 valence electrons. The van der Waals surface area contributed by atoms with Gasteiger partial charge in [0, 0.05) is 27.7 Å². The standard InChI is InChI=1S/C31H31Cl2N3O5/c1-40-31(39)19-8-6-7-18(15-19)17-41-35-29(37)27-21-9-2-3-10-22(21)30(38)36(26-12-5-4-11-25(26)34)28(27)23-14-13-20(32)16-24(23)33/h2-3,6-10,13-16,25-28H,4-5,11-12,17,34H2,1H3,(H,35,37)/t25-,26-,27+,28-/m0/s1. The first-order chi connectivity index (χ1) is 19.8. The second-order valence-electron chi connectivity index (χ2n) is 10.4. The Morgan fingerprint density at radius 2 is 1.78 bits per heavy atom. The molecule has 41 heavy (non-hydrogen) atoms. The first kappa shape index (κ1) is 29.1. The zero-order valence-corrected chi connectivity index (χ0v) is 24.0. The summed E-state index contributed by atoms with van der Waals surface area (Å²) in [6, 6.07) is 17.7. The second kappa shape index (κ2) is 12.6. The van der Waals surface area contributed by atoms with Crippen LogP contribution in [0.1, 0.15) is 75.0 Å². The number of amides is 2. The lowest BCUT2D eigenvalue weighted by Gasteiger charge is -2.48. The predicted molar refractivity (Wildman–Crippen MR) is 156 cm³/mol. The third kappa shape index (κ3) is 5.97. The summed E-state index contributed by atoms with van der Waals surface area (Å²) in [4.78, 5) is 47.4. The molecule has 1 heterocycles. The van der Waals surface area contributed by atoms with Crippen molar-refractivity contribution in [2.75, 3.05) is 7.11 Å². The maximum absolute atomic E-state index is 14.1. The number of esters is 1. The average Bonchev–Trinajstić information content (AvgIpc) is 2.97. The molecule has 0 aromatic heterocycles. The van der Waals surface area contributed by atoms with Crippen LogP contribution in [0.15, 0.2) is 66.7 Å². The van der Waals surface area contributed by atoms with Crippen LogP contribution in [0.5, 0.6) is 0 Å². The summed E-state index contributed by atoms with van der Waals surface area (Å²) >= 11 is 13.0. The number of nitrogens with two attached hydrogens (primary N) is 1. The van der Waals surface area contributed by atoms with E-state index < -0.39 is 23.8 Å². The highest BCUT2D eigenvalue weighted by molar-refractivity contribution is 6.35.